The number of aliphatic hydroxyl groups excluding tert-OH is 1. The van der Waals surface area contributed by atoms with E-state index >= 15 is 0 Å². The second kappa shape index (κ2) is 8.77. The Hall–Kier alpha value is -2.32. The van der Waals surface area contributed by atoms with Gasteiger partial charge in [-0.15, -0.1) is 0 Å². The molecule has 0 fully saturated rings. The number of nitriles is 1. The zero-order valence-electron chi connectivity index (χ0n) is 12.3. The minimum Gasteiger partial charge on any atom is -0.494 e. The Bertz CT molecular complexity index is 527. The summed E-state index contributed by atoms with van der Waals surface area (Å²) in [5, 5.41) is 20.8. The molecular weight excluding hydrogens is 268 g/mol. The van der Waals surface area contributed by atoms with Gasteiger partial charge in [0.25, 0.3) is 5.91 Å². The van der Waals surface area contributed by atoms with E-state index in [0.717, 1.165) is 11.3 Å². The van der Waals surface area contributed by atoms with E-state index in [4.69, 9.17) is 15.1 Å². The van der Waals surface area contributed by atoms with Crippen molar-refractivity contribution >= 4 is 12.0 Å². The van der Waals surface area contributed by atoms with Crippen LogP contribution in [0, 0.1) is 11.3 Å². The summed E-state index contributed by atoms with van der Waals surface area (Å²) in [7, 11) is 0. The first-order valence-corrected chi connectivity index (χ1v) is 6.87. The predicted molar refractivity (Wildman–Crippen MR) is 80.5 cm³/mol. The van der Waals surface area contributed by atoms with Crippen molar-refractivity contribution in [2.24, 2.45) is 0 Å². The van der Waals surface area contributed by atoms with Gasteiger partial charge in [-0.25, -0.2) is 0 Å². The lowest BCUT2D eigenvalue weighted by Crippen LogP contribution is -2.27. The van der Waals surface area contributed by atoms with Crippen molar-refractivity contribution in [3.63, 3.8) is 0 Å². The summed E-state index contributed by atoms with van der Waals surface area (Å²) < 4.78 is 5.33. The molecule has 0 aliphatic carbocycles. The van der Waals surface area contributed by atoms with E-state index in [1.807, 2.05) is 13.0 Å². The fourth-order valence-corrected chi connectivity index (χ4v) is 1.63. The highest BCUT2D eigenvalue weighted by molar-refractivity contribution is 6.01. The summed E-state index contributed by atoms with van der Waals surface area (Å²) in [6.07, 6.45) is 1.49. The van der Waals surface area contributed by atoms with Gasteiger partial charge in [0.15, 0.2) is 0 Å². The third-order valence-corrected chi connectivity index (χ3v) is 2.71. The summed E-state index contributed by atoms with van der Waals surface area (Å²) in [5.41, 5.74) is 0.783. The molecule has 1 rings (SSSR count). The minimum atomic E-state index is -0.481. The van der Waals surface area contributed by atoms with Gasteiger partial charge in [0.05, 0.1) is 12.7 Å². The number of ether oxygens (including phenoxy) is 1. The average molecular weight is 288 g/mol. The molecule has 1 aromatic rings. The molecule has 112 valence electrons. The van der Waals surface area contributed by atoms with Gasteiger partial charge in [0.1, 0.15) is 17.4 Å². The molecule has 5 heteroatoms. The topological polar surface area (TPSA) is 82.3 Å². The number of aliphatic hydroxyl groups is 1. The van der Waals surface area contributed by atoms with Gasteiger partial charge in [0.2, 0.25) is 0 Å². The van der Waals surface area contributed by atoms with Gasteiger partial charge >= 0.3 is 0 Å². The van der Waals surface area contributed by atoms with Gasteiger partial charge in [0, 0.05) is 6.54 Å². The van der Waals surface area contributed by atoms with Crippen LogP contribution in [0.25, 0.3) is 6.08 Å². The molecular formula is C16H20N2O3. The summed E-state index contributed by atoms with van der Waals surface area (Å²) in [5.74, 6) is 0.307. The predicted octanol–water partition coefficient (Wildman–Crippen LogP) is 1.88. The second-order valence-corrected chi connectivity index (χ2v) is 4.57. The third kappa shape index (κ3) is 6.11. The molecule has 0 heterocycles. The molecule has 1 amide bonds. The molecule has 1 atom stereocenters. The average Bonchev–Trinajstić information content (AvgIpc) is 2.46. The number of benzene rings is 1. The van der Waals surface area contributed by atoms with E-state index < -0.39 is 12.0 Å². The lowest BCUT2D eigenvalue weighted by molar-refractivity contribution is -0.117. The Labute approximate surface area is 124 Å². The maximum atomic E-state index is 11.8. The number of rotatable bonds is 7. The second-order valence-electron chi connectivity index (χ2n) is 4.57. The van der Waals surface area contributed by atoms with Crippen molar-refractivity contribution in [1.29, 1.82) is 5.26 Å². The van der Waals surface area contributed by atoms with Crippen LogP contribution < -0.4 is 10.1 Å². The summed E-state index contributed by atoms with van der Waals surface area (Å²) in [4.78, 5) is 11.8. The fraction of sp³-hybridized carbons (Fsp3) is 0.375. The number of nitrogens with zero attached hydrogens (tertiary/aromatic N) is 1. The molecule has 0 radical (unpaired) electrons. The van der Waals surface area contributed by atoms with Crippen LogP contribution in [0.1, 0.15) is 25.8 Å². The highest BCUT2D eigenvalue weighted by Gasteiger charge is 2.08. The lowest BCUT2D eigenvalue weighted by Gasteiger charge is -2.06. The van der Waals surface area contributed by atoms with Crippen LogP contribution in [0.3, 0.4) is 0 Å². The van der Waals surface area contributed by atoms with Crippen molar-refractivity contribution in [2.45, 2.75) is 26.4 Å². The van der Waals surface area contributed by atoms with Gasteiger partial charge in [-0.1, -0.05) is 12.1 Å². The zero-order chi connectivity index (χ0) is 15.7. The first-order valence-electron chi connectivity index (χ1n) is 6.87. The first-order chi connectivity index (χ1) is 10.1. The molecule has 0 spiro atoms. The molecule has 1 unspecified atom stereocenters. The molecule has 5 nitrogen and oxygen atoms in total. The molecule has 1 aromatic carbocycles. The van der Waals surface area contributed by atoms with E-state index in [1.54, 1.807) is 31.2 Å². The van der Waals surface area contributed by atoms with Crippen molar-refractivity contribution in [3.05, 3.63) is 35.4 Å². The standard InChI is InChI=1S/C16H20N2O3/c1-3-21-15-6-4-13(5-7-15)10-14(11-17)16(20)18-9-8-12(2)19/h4-7,10,12,19H,3,8-9H2,1-2H3,(H,18,20). The molecule has 21 heavy (non-hydrogen) atoms. The van der Waals surface area contributed by atoms with Gasteiger partial charge in [-0.3, -0.25) is 4.79 Å². The number of amides is 1. The van der Waals surface area contributed by atoms with Crippen LogP contribution in [-0.4, -0.2) is 30.3 Å². The Kier molecular flexibility index (Phi) is 6.99. The first kappa shape index (κ1) is 16.7. The van der Waals surface area contributed by atoms with Crippen LogP contribution in [0.15, 0.2) is 29.8 Å². The molecule has 0 aromatic heterocycles. The van der Waals surface area contributed by atoms with E-state index in [0.29, 0.717) is 19.6 Å². The number of hydrogen-bond acceptors (Lipinski definition) is 4. The Morgan fingerprint density at radius 3 is 2.67 bits per heavy atom. The van der Waals surface area contributed by atoms with Crippen molar-refractivity contribution < 1.29 is 14.6 Å². The SMILES string of the molecule is CCOc1ccc(C=C(C#N)C(=O)NCCC(C)O)cc1. The van der Waals surface area contributed by atoms with Gasteiger partial charge in [-0.2, -0.15) is 5.26 Å². The number of hydrogen-bond donors (Lipinski definition) is 2. The van der Waals surface area contributed by atoms with Crippen molar-refractivity contribution in [1.82, 2.24) is 5.32 Å². The van der Waals surface area contributed by atoms with Crippen molar-refractivity contribution in [3.8, 4) is 11.8 Å². The van der Waals surface area contributed by atoms with E-state index in [2.05, 4.69) is 5.32 Å². The molecule has 0 saturated carbocycles. The van der Waals surface area contributed by atoms with Crippen LogP contribution in [0.2, 0.25) is 0 Å². The summed E-state index contributed by atoms with van der Waals surface area (Å²) >= 11 is 0. The van der Waals surface area contributed by atoms with Crippen LogP contribution >= 0.6 is 0 Å². The third-order valence-electron chi connectivity index (χ3n) is 2.71. The Balaban J connectivity index is 2.70. The summed E-state index contributed by atoms with van der Waals surface area (Å²) in [6, 6.07) is 9.02. The molecule has 0 saturated heterocycles. The molecule has 0 bridgehead atoms. The Morgan fingerprint density at radius 2 is 2.14 bits per heavy atom. The molecule has 0 aliphatic rings. The van der Waals surface area contributed by atoms with Crippen LogP contribution in [0.5, 0.6) is 5.75 Å². The van der Waals surface area contributed by atoms with E-state index in [9.17, 15) is 4.79 Å². The lowest BCUT2D eigenvalue weighted by atomic mass is 10.1. The van der Waals surface area contributed by atoms with Gasteiger partial charge in [-0.05, 0) is 44.0 Å². The number of carbonyl (C=O) groups excluding carboxylic acids is 1. The molecule has 2 N–H and O–H groups in total. The minimum absolute atomic E-state index is 0.0322. The zero-order valence-corrected chi connectivity index (χ0v) is 12.3. The number of nitrogens with one attached hydrogen (secondary N) is 1. The maximum Gasteiger partial charge on any atom is 0.261 e. The van der Waals surface area contributed by atoms with Crippen molar-refractivity contribution in [2.75, 3.05) is 13.2 Å². The summed E-state index contributed by atoms with van der Waals surface area (Å²) in [6.45, 7) is 4.47. The molecule has 0 aliphatic heterocycles. The highest BCUT2D eigenvalue weighted by Crippen LogP contribution is 2.14. The van der Waals surface area contributed by atoms with E-state index in [-0.39, 0.29) is 5.57 Å². The highest BCUT2D eigenvalue weighted by atomic mass is 16.5. The van der Waals surface area contributed by atoms with E-state index in [1.165, 1.54) is 6.08 Å². The maximum absolute atomic E-state index is 11.8. The monoisotopic (exact) mass is 288 g/mol. The normalized spacial score (nSPS) is 12.4. The van der Waals surface area contributed by atoms with Crippen LogP contribution in [-0.2, 0) is 4.79 Å². The van der Waals surface area contributed by atoms with Gasteiger partial charge < -0.3 is 15.2 Å². The fourth-order valence-electron chi connectivity index (χ4n) is 1.63. The Morgan fingerprint density at radius 1 is 1.48 bits per heavy atom. The quantitative estimate of drug-likeness (QED) is 0.593. The smallest absolute Gasteiger partial charge is 0.261 e. The van der Waals surface area contributed by atoms with Crippen LogP contribution in [0.4, 0.5) is 0 Å². The number of carbonyl (C=O) groups is 1. The largest absolute Gasteiger partial charge is 0.494 e.